The molecule has 0 saturated heterocycles. The minimum absolute atomic E-state index is 0.0290. The summed E-state index contributed by atoms with van der Waals surface area (Å²) < 4.78 is 16.5. The van der Waals surface area contributed by atoms with Crippen molar-refractivity contribution in [1.82, 2.24) is 0 Å². The molecule has 2 rings (SSSR count). The number of aromatic hydroxyl groups is 2. The van der Waals surface area contributed by atoms with E-state index in [0.29, 0.717) is 12.0 Å². The number of nitrogens with one attached hydrogen (secondary N) is 1. The SMILES string of the molecule is CO[C@H]1/C=C\C=C(/C)C(=O)Nc2cc(Cl)c(O)c(c2O)C[C@@H](C)C[C@H](OC)[C@H](O)[C@@H](C)/C=C(\C)[C@@H]1OC(N)=O. The van der Waals surface area contributed by atoms with Gasteiger partial charge in [0.2, 0.25) is 0 Å². The fourth-order valence-electron chi connectivity index (χ4n) is 4.57. The van der Waals surface area contributed by atoms with E-state index in [1.54, 1.807) is 39.0 Å². The second-order valence-corrected chi connectivity index (χ2v) is 10.3. The molecule has 0 saturated carbocycles. The molecule has 11 heteroatoms. The molecule has 1 aliphatic heterocycles. The fourth-order valence-corrected chi connectivity index (χ4v) is 4.80. The maximum atomic E-state index is 12.8. The molecule has 39 heavy (non-hydrogen) atoms. The molecule has 2 bridgehead atoms. The van der Waals surface area contributed by atoms with E-state index in [9.17, 15) is 24.9 Å². The second kappa shape index (κ2) is 14.4. The maximum absolute atomic E-state index is 12.8. The van der Waals surface area contributed by atoms with E-state index < -0.39 is 42.3 Å². The molecule has 0 aromatic heterocycles. The normalized spacial score (nSPS) is 30.8. The van der Waals surface area contributed by atoms with Crippen LogP contribution in [-0.4, -0.2) is 66.0 Å². The summed E-state index contributed by atoms with van der Waals surface area (Å²) in [4.78, 5) is 24.5. The Morgan fingerprint density at radius 3 is 2.41 bits per heavy atom. The fraction of sp³-hybridized carbons (Fsp3) is 0.500. The summed E-state index contributed by atoms with van der Waals surface area (Å²) in [5.41, 5.74) is 6.42. The average molecular weight is 567 g/mol. The highest BCUT2D eigenvalue weighted by Crippen LogP contribution is 2.42. The number of nitrogens with two attached hydrogens (primary N) is 1. The molecule has 0 radical (unpaired) electrons. The van der Waals surface area contributed by atoms with E-state index in [0.717, 1.165) is 0 Å². The van der Waals surface area contributed by atoms with Gasteiger partial charge in [-0.1, -0.05) is 49.8 Å². The van der Waals surface area contributed by atoms with Gasteiger partial charge in [0.1, 0.15) is 17.6 Å². The largest absolute Gasteiger partial charge is 0.506 e. The number of phenols is 2. The first-order chi connectivity index (χ1) is 18.3. The number of methoxy groups -OCH3 is 2. The second-order valence-electron chi connectivity index (χ2n) is 9.91. The van der Waals surface area contributed by atoms with Crippen LogP contribution in [0.15, 0.2) is 41.5 Å². The van der Waals surface area contributed by atoms with Gasteiger partial charge < -0.3 is 40.6 Å². The first-order valence-electron chi connectivity index (χ1n) is 12.6. The van der Waals surface area contributed by atoms with E-state index in [-0.39, 0.29) is 45.7 Å². The zero-order valence-corrected chi connectivity index (χ0v) is 23.9. The number of aliphatic hydroxyl groups excluding tert-OH is 1. The number of allylic oxidation sites excluding steroid dienone is 2. The number of benzene rings is 1. The van der Waals surface area contributed by atoms with Crippen molar-refractivity contribution in [2.24, 2.45) is 17.6 Å². The molecule has 6 atom stereocenters. The van der Waals surface area contributed by atoms with E-state index in [2.05, 4.69) is 5.32 Å². The Morgan fingerprint density at radius 2 is 1.82 bits per heavy atom. The molecule has 1 aliphatic rings. The standard InChI is InChI=1S/C28H39ClN2O8/c1-14-10-18-24(33)19(29)13-20(25(18)34)31-27(35)15(2)8-7-9-21(37-5)26(39-28(30)36)17(4)12-16(3)23(32)22(11-14)38-6/h7-9,12-14,16,21-23,26,32-34H,10-11H2,1-6H3,(H2,30,36)(H,31,35)/b9-7-,15-8+,17-12+/t14-,16+,21+,22+,23-,26+/m1/s1. The number of aliphatic hydroxyl groups is 1. The van der Waals surface area contributed by atoms with Crippen molar-refractivity contribution in [3.05, 3.63) is 52.1 Å². The third kappa shape index (κ3) is 8.47. The molecule has 0 unspecified atom stereocenters. The number of ether oxygens (including phenoxy) is 3. The number of hydrogen-bond donors (Lipinski definition) is 5. The van der Waals surface area contributed by atoms with Crippen LogP contribution < -0.4 is 11.1 Å². The molecule has 0 spiro atoms. The van der Waals surface area contributed by atoms with Gasteiger partial charge in [0, 0.05) is 31.3 Å². The Balaban J connectivity index is 2.62. The third-order valence-corrected chi connectivity index (χ3v) is 7.06. The summed E-state index contributed by atoms with van der Waals surface area (Å²) in [6.45, 7) is 6.99. The summed E-state index contributed by atoms with van der Waals surface area (Å²) in [6.07, 6.45) is 2.82. The molecule has 1 aromatic rings. The van der Waals surface area contributed by atoms with Crippen molar-refractivity contribution in [3.63, 3.8) is 0 Å². The lowest BCUT2D eigenvalue weighted by Gasteiger charge is -2.29. The van der Waals surface area contributed by atoms with Crippen LogP contribution in [0.3, 0.4) is 0 Å². The Hall–Kier alpha value is -3.05. The lowest BCUT2D eigenvalue weighted by atomic mass is 9.88. The van der Waals surface area contributed by atoms with Crippen LogP contribution in [0.5, 0.6) is 11.5 Å². The van der Waals surface area contributed by atoms with E-state index >= 15 is 0 Å². The molecular formula is C28H39ClN2O8. The summed E-state index contributed by atoms with van der Waals surface area (Å²) in [6, 6.07) is 1.27. The van der Waals surface area contributed by atoms with Crippen LogP contribution in [0.2, 0.25) is 5.02 Å². The van der Waals surface area contributed by atoms with E-state index in [4.69, 9.17) is 31.5 Å². The van der Waals surface area contributed by atoms with Crippen molar-refractivity contribution < 1.29 is 39.1 Å². The minimum Gasteiger partial charge on any atom is -0.506 e. The van der Waals surface area contributed by atoms with Gasteiger partial charge in [-0.05, 0) is 44.2 Å². The lowest BCUT2D eigenvalue weighted by Crippen LogP contribution is -2.37. The molecule has 0 fully saturated rings. The molecule has 0 aliphatic carbocycles. The van der Waals surface area contributed by atoms with Crippen molar-refractivity contribution in [1.29, 1.82) is 0 Å². The van der Waals surface area contributed by atoms with Crippen molar-refractivity contribution >= 4 is 29.3 Å². The Bertz CT molecular complexity index is 1130. The van der Waals surface area contributed by atoms with Gasteiger partial charge in [-0.2, -0.15) is 0 Å². The number of halogens is 1. The highest BCUT2D eigenvalue weighted by molar-refractivity contribution is 6.32. The number of phenolic OH excluding ortho intramolecular Hbond substituents is 2. The summed E-state index contributed by atoms with van der Waals surface area (Å²) in [7, 11) is 2.93. The quantitative estimate of drug-likeness (QED) is 0.206. The van der Waals surface area contributed by atoms with Gasteiger partial charge in [-0.3, -0.25) is 4.79 Å². The summed E-state index contributed by atoms with van der Waals surface area (Å²) >= 11 is 6.22. The lowest BCUT2D eigenvalue weighted by molar-refractivity contribution is -0.112. The van der Waals surface area contributed by atoms with Crippen LogP contribution in [0.25, 0.3) is 0 Å². The summed E-state index contributed by atoms with van der Waals surface area (Å²) in [5, 5.41) is 35.2. The van der Waals surface area contributed by atoms with Gasteiger partial charge in [0.05, 0.1) is 22.9 Å². The van der Waals surface area contributed by atoms with Crippen LogP contribution in [0.1, 0.15) is 39.7 Å². The van der Waals surface area contributed by atoms with Crippen molar-refractivity contribution in [2.75, 3.05) is 19.5 Å². The van der Waals surface area contributed by atoms with Crippen LogP contribution >= 0.6 is 11.6 Å². The topological polar surface area (TPSA) is 161 Å². The number of hydrogen-bond acceptors (Lipinski definition) is 8. The van der Waals surface area contributed by atoms with Crippen molar-refractivity contribution in [2.45, 2.75) is 65.0 Å². The van der Waals surface area contributed by atoms with Crippen LogP contribution in [-0.2, 0) is 25.4 Å². The molecule has 216 valence electrons. The van der Waals surface area contributed by atoms with Gasteiger partial charge in [-0.15, -0.1) is 0 Å². The van der Waals surface area contributed by atoms with E-state index in [1.165, 1.54) is 26.4 Å². The zero-order valence-electron chi connectivity index (χ0n) is 23.1. The predicted octanol–water partition coefficient (Wildman–Crippen LogP) is 4.21. The zero-order chi connectivity index (χ0) is 29.4. The number of amides is 2. The van der Waals surface area contributed by atoms with Crippen LogP contribution in [0, 0.1) is 11.8 Å². The first kappa shape index (κ1) is 32.2. The number of carbonyl (C=O) groups is 2. The number of anilines is 1. The highest BCUT2D eigenvalue weighted by atomic mass is 35.5. The highest BCUT2D eigenvalue weighted by Gasteiger charge is 2.30. The van der Waals surface area contributed by atoms with Gasteiger partial charge in [-0.25, -0.2) is 4.79 Å². The first-order valence-corrected chi connectivity index (χ1v) is 13.0. The maximum Gasteiger partial charge on any atom is 0.405 e. The molecule has 6 N–H and O–H groups in total. The number of carbonyl (C=O) groups excluding carboxylic acids is 2. The monoisotopic (exact) mass is 566 g/mol. The molecular weight excluding hydrogens is 528 g/mol. The van der Waals surface area contributed by atoms with E-state index in [1.807, 2.05) is 6.92 Å². The predicted molar refractivity (Wildman–Crippen MR) is 149 cm³/mol. The average Bonchev–Trinajstić information content (AvgIpc) is 2.88. The smallest absolute Gasteiger partial charge is 0.405 e. The number of primary amides is 1. The Labute approximate surface area is 234 Å². The number of fused-ring (bicyclic) bond motifs is 2. The molecule has 1 heterocycles. The Morgan fingerprint density at radius 1 is 1.15 bits per heavy atom. The minimum atomic E-state index is -0.993. The van der Waals surface area contributed by atoms with Gasteiger partial charge in [0.15, 0.2) is 6.10 Å². The molecule has 10 nitrogen and oxygen atoms in total. The third-order valence-electron chi connectivity index (χ3n) is 6.78. The van der Waals surface area contributed by atoms with Crippen LogP contribution in [0.4, 0.5) is 10.5 Å². The Kier molecular flexibility index (Phi) is 11.8. The number of rotatable bonds is 3. The summed E-state index contributed by atoms with van der Waals surface area (Å²) in [5.74, 6) is -1.70. The molecule has 2 amide bonds. The molecule has 1 aromatic carbocycles. The van der Waals surface area contributed by atoms with Crippen molar-refractivity contribution in [3.8, 4) is 11.5 Å². The van der Waals surface area contributed by atoms with Gasteiger partial charge in [0.25, 0.3) is 5.91 Å². The van der Waals surface area contributed by atoms with Gasteiger partial charge >= 0.3 is 6.09 Å².